The number of fused-ring (bicyclic) bond motifs is 1. The minimum absolute atomic E-state index is 0.0211. The molecule has 1 amide bonds. The highest BCUT2D eigenvalue weighted by molar-refractivity contribution is 5.92. The highest BCUT2D eigenvalue weighted by Crippen LogP contribution is 2.21. The molecular weight excluding hydrogens is 328 g/mol. The number of aromatic amines is 1. The standard InChI is InChI=1S/C19H18N6O/c1-13-6-8-15(25-12-21-23-24-25)10-18(13)22-19(26)9-7-14-11-20-17-5-3-2-4-16(14)17/h2-6,8,10-12,20H,7,9H2,1H3,(H,22,26). The van der Waals surface area contributed by atoms with Crippen molar-refractivity contribution in [2.24, 2.45) is 0 Å². The average Bonchev–Trinajstić information content (AvgIpc) is 3.32. The van der Waals surface area contributed by atoms with Crippen LogP contribution < -0.4 is 5.32 Å². The summed E-state index contributed by atoms with van der Waals surface area (Å²) >= 11 is 0. The van der Waals surface area contributed by atoms with E-state index < -0.39 is 0 Å². The van der Waals surface area contributed by atoms with Crippen molar-refractivity contribution in [3.8, 4) is 5.69 Å². The molecule has 0 saturated heterocycles. The molecule has 0 aliphatic rings. The zero-order valence-corrected chi connectivity index (χ0v) is 14.3. The summed E-state index contributed by atoms with van der Waals surface area (Å²) in [6.07, 6.45) is 4.59. The summed E-state index contributed by atoms with van der Waals surface area (Å²) in [5.74, 6) is -0.0211. The summed E-state index contributed by atoms with van der Waals surface area (Å²) in [6.45, 7) is 1.96. The van der Waals surface area contributed by atoms with Crippen LogP contribution in [0.2, 0.25) is 0 Å². The highest BCUT2D eigenvalue weighted by atomic mass is 16.1. The molecule has 0 radical (unpaired) electrons. The van der Waals surface area contributed by atoms with Crippen LogP contribution in [0, 0.1) is 6.92 Å². The molecule has 7 heteroatoms. The van der Waals surface area contributed by atoms with E-state index in [-0.39, 0.29) is 5.91 Å². The molecule has 2 aromatic carbocycles. The normalized spacial score (nSPS) is 11.0. The molecule has 2 heterocycles. The molecule has 4 aromatic rings. The summed E-state index contributed by atoms with van der Waals surface area (Å²) < 4.78 is 1.56. The number of carbonyl (C=O) groups excluding carboxylic acids is 1. The van der Waals surface area contributed by atoms with Crippen LogP contribution in [0.25, 0.3) is 16.6 Å². The number of benzene rings is 2. The molecule has 0 spiro atoms. The molecule has 0 aliphatic heterocycles. The van der Waals surface area contributed by atoms with Crippen LogP contribution in [0.15, 0.2) is 55.0 Å². The van der Waals surface area contributed by atoms with Crippen LogP contribution in [0.5, 0.6) is 0 Å². The van der Waals surface area contributed by atoms with Crippen molar-refractivity contribution in [1.82, 2.24) is 25.2 Å². The lowest BCUT2D eigenvalue weighted by Gasteiger charge is -2.10. The Morgan fingerprint density at radius 2 is 2.12 bits per heavy atom. The maximum absolute atomic E-state index is 12.4. The van der Waals surface area contributed by atoms with Crippen molar-refractivity contribution in [3.05, 3.63) is 66.1 Å². The zero-order chi connectivity index (χ0) is 17.9. The van der Waals surface area contributed by atoms with Crippen molar-refractivity contribution < 1.29 is 4.79 Å². The van der Waals surface area contributed by atoms with Gasteiger partial charge in [-0.05, 0) is 53.1 Å². The molecule has 0 atom stereocenters. The van der Waals surface area contributed by atoms with E-state index in [1.165, 1.54) is 6.33 Å². The summed E-state index contributed by atoms with van der Waals surface area (Å²) in [7, 11) is 0. The topological polar surface area (TPSA) is 88.5 Å². The van der Waals surface area contributed by atoms with Crippen LogP contribution in [-0.4, -0.2) is 31.1 Å². The Balaban J connectivity index is 1.46. The number of aromatic nitrogens is 5. The third-order valence-electron chi connectivity index (χ3n) is 4.41. The quantitative estimate of drug-likeness (QED) is 0.581. The fourth-order valence-electron chi connectivity index (χ4n) is 2.97. The molecule has 0 aliphatic carbocycles. The second-order valence-electron chi connectivity index (χ2n) is 6.16. The van der Waals surface area contributed by atoms with Crippen LogP contribution in [0.1, 0.15) is 17.5 Å². The number of nitrogens with zero attached hydrogens (tertiary/aromatic N) is 4. The zero-order valence-electron chi connectivity index (χ0n) is 14.3. The van der Waals surface area contributed by atoms with E-state index in [0.29, 0.717) is 12.8 Å². The van der Waals surface area contributed by atoms with Gasteiger partial charge in [-0.2, -0.15) is 0 Å². The van der Waals surface area contributed by atoms with Crippen molar-refractivity contribution in [2.45, 2.75) is 19.8 Å². The maximum Gasteiger partial charge on any atom is 0.224 e. The van der Waals surface area contributed by atoms with Crippen LogP contribution in [0.3, 0.4) is 0 Å². The molecule has 0 bridgehead atoms. The highest BCUT2D eigenvalue weighted by Gasteiger charge is 2.09. The first-order chi connectivity index (χ1) is 12.7. The van der Waals surface area contributed by atoms with E-state index in [1.807, 2.05) is 49.5 Å². The number of tetrazole rings is 1. The number of nitrogens with one attached hydrogen (secondary N) is 2. The summed E-state index contributed by atoms with van der Waals surface area (Å²) in [5, 5.41) is 15.3. The van der Waals surface area contributed by atoms with Gasteiger partial charge in [0.05, 0.1) is 5.69 Å². The van der Waals surface area contributed by atoms with Gasteiger partial charge in [0.2, 0.25) is 5.91 Å². The summed E-state index contributed by atoms with van der Waals surface area (Å²) in [5.41, 5.74) is 4.79. The van der Waals surface area contributed by atoms with Gasteiger partial charge < -0.3 is 10.3 Å². The van der Waals surface area contributed by atoms with Gasteiger partial charge in [-0.3, -0.25) is 4.79 Å². The van der Waals surface area contributed by atoms with Gasteiger partial charge in [-0.1, -0.05) is 24.3 Å². The molecule has 2 N–H and O–H groups in total. The van der Waals surface area contributed by atoms with Gasteiger partial charge in [0.15, 0.2) is 0 Å². The number of anilines is 1. The van der Waals surface area contributed by atoms with E-state index in [1.54, 1.807) is 4.68 Å². The summed E-state index contributed by atoms with van der Waals surface area (Å²) in [4.78, 5) is 15.7. The first kappa shape index (κ1) is 16.0. The monoisotopic (exact) mass is 346 g/mol. The van der Waals surface area contributed by atoms with Crippen LogP contribution in [-0.2, 0) is 11.2 Å². The third-order valence-corrected chi connectivity index (χ3v) is 4.41. The first-order valence-corrected chi connectivity index (χ1v) is 8.39. The fourth-order valence-corrected chi connectivity index (χ4v) is 2.97. The lowest BCUT2D eigenvalue weighted by molar-refractivity contribution is -0.116. The first-order valence-electron chi connectivity index (χ1n) is 8.39. The lowest BCUT2D eigenvalue weighted by atomic mass is 10.1. The van der Waals surface area contributed by atoms with Gasteiger partial charge >= 0.3 is 0 Å². The lowest BCUT2D eigenvalue weighted by Crippen LogP contribution is -2.13. The van der Waals surface area contributed by atoms with Crippen LogP contribution >= 0.6 is 0 Å². The van der Waals surface area contributed by atoms with Crippen molar-refractivity contribution in [1.29, 1.82) is 0 Å². The number of carbonyl (C=O) groups is 1. The number of hydrogen-bond acceptors (Lipinski definition) is 4. The second kappa shape index (κ2) is 6.79. The SMILES string of the molecule is Cc1ccc(-n2cnnn2)cc1NC(=O)CCc1c[nH]c2ccccc12. The van der Waals surface area contributed by atoms with E-state index in [9.17, 15) is 4.79 Å². The van der Waals surface area contributed by atoms with Gasteiger partial charge in [0, 0.05) is 29.2 Å². The van der Waals surface area contributed by atoms with E-state index in [2.05, 4.69) is 31.9 Å². The second-order valence-corrected chi connectivity index (χ2v) is 6.16. The number of amides is 1. The fraction of sp³-hybridized carbons (Fsp3) is 0.158. The molecule has 26 heavy (non-hydrogen) atoms. The molecule has 4 rings (SSSR count). The van der Waals surface area contributed by atoms with Gasteiger partial charge in [-0.25, -0.2) is 4.68 Å². The Bertz CT molecular complexity index is 1050. The number of rotatable bonds is 5. The van der Waals surface area contributed by atoms with Gasteiger partial charge in [0.25, 0.3) is 0 Å². The van der Waals surface area contributed by atoms with Gasteiger partial charge in [-0.15, -0.1) is 5.10 Å². The number of para-hydroxylation sites is 1. The smallest absolute Gasteiger partial charge is 0.224 e. The minimum Gasteiger partial charge on any atom is -0.361 e. The van der Waals surface area contributed by atoms with E-state index in [0.717, 1.165) is 33.4 Å². The largest absolute Gasteiger partial charge is 0.361 e. The predicted molar refractivity (Wildman–Crippen MR) is 99.1 cm³/mol. The Kier molecular flexibility index (Phi) is 4.18. The third kappa shape index (κ3) is 3.19. The average molecular weight is 346 g/mol. The number of H-pyrrole nitrogens is 1. The molecule has 7 nitrogen and oxygen atoms in total. The molecule has 0 fully saturated rings. The van der Waals surface area contributed by atoms with Crippen molar-refractivity contribution in [3.63, 3.8) is 0 Å². The van der Waals surface area contributed by atoms with Crippen molar-refractivity contribution >= 4 is 22.5 Å². The predicted octanol–water partition coefficient (Wildman–Crippen LogP) is 3.02. The Labute approximate surface area is 150 Å². The summed E-state index contributed by atoms with van der Waals surface area (Å²) in [6, 6.07) is 13.8. The molecule has 2 aromatic heterocycles. The minimum atomic E-state index is -0.0211. The van der Waals surface area contributed by atoms with Crippen molar-refractivity contribution in [2.75, 3.05) is 5.32 Å². The molecule has 130 valence electrons. The molecule has 0 saturated carbocycles. The van der Waals surface area contributed by atoms with Gasteiger partial charge in [0.1, 0.15) is 6.33 Å². The Morgan fingerprint density at radius 1 is 1.23 bits per heavy atom. The van der Waals surface area contributed by atoms with E-state index in [4.69, 9.17) is 0 Å². The van der Waals surface area contributed by atoms with Crippen LogP contribution in [0.4, 0.5) is 5.69 Å². The Hall–Kier alpha value is -3.48. The Morgan fingerprint density at radius 3 is 2.96 bits per heavy atom. The number of hydrogen-bond donors (Lipinski definition) is 2. The maximum atomic E-state index is 12.4. The molecule has 0 unspecified atom stereocenters. The number of aryl methyl sites for hydroxylation is 2. The molecular formula is C19H18N6O. The van der Waals surface area contributed by atoms with E-state index >= 15 is 0 Å².